The van der Waals surface area contributed by atoms with Crippen LogP contribution < -0.4 is 11.1 Å². The van der Waals surface area contributed by atoms with Crippen molar-refractivity contribution in [3.05, 3.63) is 0 Å². The predicted molar refractivity (Wildman–Crippen MR) is 196 cm³/mol. The molecule has 1 fully saturated rings. The number of nitrogens with two attached hydrogens (primary N) is 1. The van der Waals surface area contributed by atoms with Crippen LogP contribution in [0.15, 0.2) is 0 Å². The number of ether oxygens (including phenoxy) is 1. The summed E-state index contributed by atoms with van der Waals surface area (Å²) in [5.41, 5.74) is 5.79. The molecule has 0 spiro atoms. The smallest absolute Gasteiger partial charge is 0.237 e. The number of carbonyl (C=O) groups excluding carboxylic acids is 2. The van der Waals surface area contributed by atoms with Crippen molar-refractivity contribution in [2.45, 2.75) is 224 Å². The number of hydrogen-bond acceptors (Lipinski definition) is 7. The van der Waals surface area contributed by atoms with Crippen molar-refractivity contribution in [2.24, 2.45) is 5.73 Å². The number of hydrogen-bond donors (Lipinski definition) is 5. The highest BCUT2D eigenvalue weighted by Gasteiger charge is 2.48. The number of nitrogens with one attached hydrogen (secondary N) is 1. The Balaban J connectivity index is 2.60. The van der Waals surface area contributed by atoms with E-state index in [0.717, 1.165) is 38.5 Å². The maximum Gasteiger partial charge on any atom is 0.237 e. The van der Waals surface area contributed by atoms with Crippen molar-refractivity contribution in [2.75, 3.05) is 13.2 Å². The summed E-state index contributed by atoms with van der Waals surface area (Å²) in [5.74, 6) is -0.597. The lowest BCUT2D eigenvalue weighted by atomic mass is 9.94. The molecule has 1 saturated heterocycles. The number of aliphatic hydroxyl groups excluding tert-OH is 3. The van der Waals surface area contributed by atoms with Gasteiger partial charge in [0, 0.05) is 13.0 Å². The van der Waals surface area contributed by atoms with Gasteiger partial charge in [-0.05, 0) is 19.8 Å². The largest absolute Gasteiger partial charge is 0.394 e. The van der Waals surface area contributed by atoms with Crippen LogP contribution in [0.4, 0.5) is 0 Å². The number of rotatable bonds is 31. The van der Waals surface area contributed by atoms with Gasteiger partial charge in [0.1, 0.15) is 24.4 Å². The van der Waals surface area contributed by atoms with Crippen LogP contribution in [-0.2, 0) is 14.3 Å². The fraction of sp³-hybridized carbons (Fsp3) is 0.949. The molecule has 9 nitrogen and oxygen atoms in total. The van der Waals surface area contributed by atoms with Gasteiger partial charge in [-0.3, -0.25) is 9.59 Å². The molecule has 1 aliphatic rings. The maximum absolute atomic E-state index is 13.7. The topological polar surface area (TPSA) is 145 Å². The fourth-order valence-electron chi connectivity index (χ4n) is 6.77. The lowest BCUT2D eigenvalue weighted by Gasteiger charge is -2.47. The van der Waals surface area contributed by atoms with Gasteiger partial charge in [0.25, 0.3) is 0 Å². The van der Waals surface area contributed by atoms with E-state index in [1.807, 2.05) is 0 Å². The lowest BCUT2D eigenvalue weighted by molar-refractivity contribution is -0.231. The molecule has 1 rings (SSSR count). The Morgan fingerprint density at radius 2 is 1.06 bits per heavy atom. The average Bonchev–Trinajstić information content (AvgIpc) is 3.07. The summed E-state index contributed by atoms with van der Waals surface area (Å²) in [4.78, 5) is 27.9. The molecule has 284 valence electrons. The van der Waals surface area contributed by atoms with E-state index < -0.39 is 49.1 Å². The van der Waals surface area contributed by atoms with Gasteiger partial charge in [-0.2, -0.15) is 0 Å². The van der Waals surface area contributed by atoms with Gasteiger partial charge in [-0.25, -0.2) is 0 Å². The molecule has 0 unspecified atom stereocenters. The van der Waals surface area contributed by atoms with Crippen LogP contribution in [0.5, 0.6) is 0 Å². The van der Waals surface area contributed by atoms with Gasteiger partial charge in [-0.1, -0.05) is 162 Å². The van der Waals surface area contributed by atoms with Crippen LogP contribution >= 0.6 is 0 Å². The molecule has 0 aromatic rings. The summed E-state index contributed by atoms with van der Waals surface area (Å²) in [5, 5.41) is 34.2. The molecule has 9 heteroatoms. The number of nitrogens with zero attached hydrogens (tertiary/aromatic N) is 1. The Morgan fingerprint density at radius 1 is 0.667 bits per heavy atom. The fourth-order valence-corrected chi connectivity index (χ4v) is 6.77. The van der Waals surface area contributed by atoms with Crippen LogP contribution in [0.3, 0.4) is 0 Å². The Hall–Kier alpha value is -1.26. The average molecular weight is 684 g/mol. The monoisotopic (exact) mass is 684 g/mol. The summed E-state index contributed by atoms with van der Waals surface area (Å²) in [6.45, 7) is 5.94. The number of amides is 2. The van der Waals surface area contributed by atoms with E-state index in [-0.39, 0.29) is 5.91 Å². The van der Waals surface area contributed by atoms with Crippen LogP contribution in [-0.4, -0.2) is 81.8 Å². The van der Waals surface area contributed by atoms with Gasteiger partial charge >= 0.3 is 0 Å². The van der Waals surface area contributed by atoms with Gasteiger partial charge in [0.05, 0.1) is 12.6 Å². The summed E-state index contributed by atoms with van der Waals surface area (Å²) in [6.07, 6.45) is 25.9. The quantitative estimate of drug-likeness (QED) is 0.0483. The van der Waals surface area contributed by atoms with Gasteiger partial charge in [-0.15, -0.1) is 0 Å². The van der Waals surface area contributed by atoms with E-state index in [0.29, 0.717) is 13.0 Å². The highest BCUT2D eigenvalue weighted by molar-refractivity contribution is 5.81. The molecule has 6 N–H and O–H groups in total. The van der Waals surface area contributed by atoms with Crippen LogP contribution in [0.25, 0.3) is 0 Å². The highest BCUT2D eigenvalue weighted by atomic mass is 16.5. The minimum atomic E-state index is -1.42. The second-order valence-corrected chi connectivity index (χ2v) is 14.5. The molecular weight excluding hydrogens is 606 g/mol. The van der Waals surface area contributed by atoms with Crippen molar-refractivity contribution < 1.29 is 29.6 Å². The first-order valence-electron chi connectivity index (χ1n) is 20.3. The molecule has 0 aromatic carbocycles. The van der Waals surface area contributed by atoms with Crippen LogP contribution in [0.2, 0.25) is 0 Å². The Bertz CT molecular complexity index is 785. The van der Waals surface area contributed by atoms with E-state index in [2.05, 4.69) is 19.2 Å². The van der Waals surface area contributed by atoms with Crippen molar-refractivity contribution in [1.82, 2.24) is 10.2 Å². The summed E-state index contributed by atoms with van der Waals surface area (Å²) in [7, 11) is 0. The second kappa shape index (κ2) is 29.5. The Morgan fingerprint density at radius 3 is 1.46 bits per heavy atom. The predicted octanol–water partition coefficient (Wildman–Crippen LogP) is 7.27. The Kier molecular flexibility index (Phi) is 27.5. The molecule has 6 atom stereocenters. The molecular formula is C39H77N3O6. The minimum absolute atomic E-state index is 0.0933. The molecule has 0 aromatic heterocycles. The normalized spacial score (nSPS) is 21.7. The third-order valence-corrected chi connectivity index (χ3v) is 10.00. The second-order valence-electron chi connectivity index (χ2n) is 14.5. The standard InChI is InChI=1S/C39H77N3O6/c1-4-6-8-10-12-14-15-16-17-18-19-20-22-24-26-28-30-42(34(44)29-27-25-23-21-13-11-9-7-5-2)39-35(41-38(47)32(3)40)37(46)36(45)33(31-43)48-39/h32-33,35-37,39,43,45-46H,4-31,40H2,1-3H3,(H,41,47)/t32-,33+,35+,36-,37+,39+/m0/s1. The molecule has 2 amide bonds. The zero-order valence-corrected chi connectivity index (χ0v) is 31.4. The van der Waals surface area contributed by atoms with Gasteiger partial charge in [0.15, 0.2) is 6.23 Å². The van der Waals surface area contributed by atoms with Crippen molar-refractivity contribution >= 4 is 11.8 Å². The number of unbranched alkanes of at least 4 members (excludes halogenated alkanes) is 23. The van der Waals surface area contributed by atoms with E-state index in [1.165, 1.54) is 129 Å². The zero-order valence-electron chi connectivity index (χ0n) is 31.4. The molecule has 1 aliphatic heterocycles. The van der Waals surface area contributed by atoms with E-state index >= 15 is 0 Å². The van der Waals surface area contributed by atoms with Crippen molar-refractivity contribution in [1.29, 1.82) is 0 Å². The first-order valence-corrected chi connectivity index (χ1v) is 20.3. The first-order chi connectivity index (χ1) is 23.3. The lowest BCUT2D eigenvalue weighted by Crippen LogP contribution is -2.69. The molecule has 0 saturated carbocycles. The van der Waals surface area contributed by atoms with E-state index in [4.69, 9.17) is 10.5 Å². The summed E-state index contributed by atoms with van der Waals surface area (Å²) in [6, 6.07) is -1.90. The molecule has 0 radical (unpaired) electrons. The molecule has 0 bridgehead atoms. The Labute approximate surface area is 294 Å². The molecule has 0 aliphatic carbocycles. The van der Waals surface area contributed by atoms with Gasteiger partial charge in [0.2, 0.25) is 11.8 Å². The third-order valence-electron chi connectivity index (χ3n) is 10.00. The van der Waals surface area contributed by atoms with Crippen molar-refractivity contribution in [3.8, 4) is 0 Å². The van der Waals surface area contributed by atoms with E-state index in [9.17, 15) is 24.9 Å². The SMILES string of the molecule is CCCCCCCCCCCCCCCCCCN(C(=O)CCCCCCCCCCC)[C@@H]1O[C@H](CO)[C@H](O)[C@H](O)[C@H]1NC(=O)[C@H](C)N. The molecule has 1 heterocycles. The summed E-state index contributed by atoms with van der Waals surface area (Å²) >= 11 is 0. The first kappa shape index (κ1) is 44.8. The van der Waals surface area contributed by atoms with Crippen LogP contribution in [0, 0.1) is 0 Å². The highest BCUT2D eigenvalue weighted by Crippen LogP contribution is 2.26. The molecule has 48 heavy (non-hydrogen) atoms. The summed E-state index contributed by atoms with van der Waals surface area (Å²) < 4.78 is 6.06. The third kappa shape index (κ3) is 19.8. The zero-order chi connectivity index (χ0) is 35.4. The van der Waals surface area contributed by atoms with Crippen LogP contribution in [0.1, 0.15) is 188 Å². The van der Waals surface area contributed by atoms with E-state index in [1.54, 1.807) is 4.90 Å². The minimum Gasteiger partial charge on any atom is -0.394 e. The number of aliphatic hydroxyl groups is 3. The van der Waals surface area contributed by atoms with Gasteiger partial charge < -0.3 is 36.0 Å². The van der Waals surface area contributed by atoms with Crippen molar-refractivity contribution in [3.63, 3.8) is 0 Å². The maximum atomic E-state index is 13.7. The number of carbonyl (C=O) groups is 2.